The molecule has 3 aliphatic heterocycles. The number of nitrogens with one attached hydrogen (secondary N) is 1. The molecule has 0 radical (unpaired) electrons. The number of aromatic nitrogens is 1. The zero-order valence-corrected chi connectivity index (χ0v) is 23.2. The first kappa shape index (κ1) is 25.6. The lowest BCUT2D eigenvalue weighted by Gasteiger charge is -2.39. The molecule has 3 aliphatic rings. The van der Waals surface area contributed by atoms with E-state index in [1.165, 1.54) is 12.1 Å². The van der Waals surface area contributed by atoms with E-state index in [1.54, 1.807) is 24.3 Å². The van der Waals surface area contributed by atoms with Crippen molar-refractivity contribution in [3.05, 3.63) is 75.8 Å². The van der Waals surface area contributed by atoms with E-state index in [1.807, 2.05) is 29.2 Å². The smallest absolute Gasteiger partial charge is 0.322 e. The molecule has 8 nitrogen and oxygen atoms in total. The van der Waals surface area contributed by atoms with Gasteiger partial charge in [-0.05, 0) is 95.2 Å². The molecule has 10 heteroatoms. The Morgan fingerprint density at radius 1 is 1.03 bits per heavy atom. The number of anilines is 3. The molecule has 0 bridgehead atoms. The van der Waals surface area contributed by atoms with Crippen LogP contribution in [0.2, 0.25) is 0 Å². The molecule has 0 spiro atoms. The van der Waals surface area contributed by atoms with Crippen LogP contribution in [-0.4, -0.2) is 61.2 Å². The van der Waals surface area contributed by atoms with Crippen LogP contribution >= 0.6 is 15.9 Å². The van der Waals surface area contributed by atoms with Crippen LogP contribution in [0.3, 0.4) is 0 Å². The summed E-state index contributed by atoms with van der Waals surface area (Å²) in [5.41, 5.74) is 4.75. The van der Waals surface area contributed by atoms with Gasteiger partial charge in [-0.15, -0.1) is 0 Å². The van der Waals surface area contributed by atoms with Crippen molar-refractivity contribution in [2.45, 2.75) is 31.7 Å². The van der Waals surface area contributed by atoms with Crippen LogP contribution in [-0.2, 0) is 12.8 Å². The number of pyridine rings is 1. The lowest BCUT2D eigenvalue weighted by molar-refractivity contribution is 0.0984. The van der Waals surface area contributed by atoms with Gasteiger partial charge in [0.05, 0.1) is 17.3 Å². The Morgan fingerprint density at radius 3 is 2.62 bits per heavy atom. The van der Waals surface area contributed by atoms with E-state index >= 15 is 0 Å². The number of carbonyl (C=O) groups is 2. The molecule has 0 aliphatic carbocycles. The van der Waals surface area contributed by atoms with Gasteiger partial charge in [0.25, 0.3) is 5.91 Å². The van der Waals surface area contributed by atoms with E-state index in [0.717, 1.165) is 70.8 Å². The van der Waals surface area contributed by atoms with Crippen molar-refractivity contribution in [2.24, 2.45) is 0 Å². The van der Waals surface area contributed by atoms with Crippen LogP contribution in [0.25, 0.3) is 0 Å². The Hall–Kier alpha value is -3.66. The first-order valence-electron chi connectivity index (χ1n) is 13.2. The minimum atomic E-state index is -0.294. The Labute approximate surface area is 234 Å². The van der Waals surface area contributed by atoms with Crippen LogP contribution in [0.5, 0.6) is 5.75 Å². The van der Waals surface area contributed by atoms with Crippen molar-refractivity contribution in [3.8, 4) is 5.75 Å². The molecule has 0 atom stereocenters. The number of hydrogen-bond donors (Lipinski definition) is 1. The maximum absolute atomic E-state index is 13.6. The number of methoxy groups -OCH3 is 1. The summed E-state index contributed by atoms with van der Waals surface area (Å²) in [6.45, 7) is 2.65. The summed E-state index contributed by atoms with van der Waals surface area (Å²) >= 11 is 3.62. The van der Waals surface area contributed by atoms with Gasteiger partial charge in [-0.1, -0.05) is 0 Å². The Balaban J connectivity index is 1.13. The molecular formula is C29H29BrFN5O3. The van der Waals surface area contributed by atoms with Crippen molar-refractivity contribution < 1.29 is 18.7 Å². The number of rotatable bonds is 4. The number of hydrogen-bond acceptors (Lipinski definition) is 5. The van der Waals surface area contributed by atoms with Crippen molar-refractivity contribution in [1.29, 1.82) is 0 Å². The highest BCUT2D eigenvalue weighted by atomic mass is 79.9. The van der Waals surface area contributed by atoms with Gasteiger partial charge in [0.15, 0.2) is 0 Å². The highest BCUT2D eigenvalue weighted by Crippen LogP contribution is 2.34. The molecule has 39 heavy (non-hydrogen) atoms. The number of fused-ring (bicyclic) bond motifs is 2. The maximum Gasteiger partial charge on any atom is 0.322 e. The summed E-state index contributed by atoms with van der Waals surface area (Å²) in [4.78, 5) is 36.7. The normalized spacial score (nSPS) is 17.4. The van der Waals surface area contributed by atoms with Crippen LogP contribution in [0.1, 0.15) is 34.5 Å². The molecule has 3 amide bonds. The minimum Gasteiger partial charge on any atom is -0.497 e. The Morgan fingerprint density at radius 2 is 1.82 bits per heavy atom. The highest BCUT2D eigenvalue weighted by molar-refractivity contribution is 9.10. The molecular weight excluding hydrogens is 565 g/mol. The quantitative estimate of drug-likeness (QED) is 0.447. The van der Waals surface area contributed by atoms with Gasteiger partial charge in [0.1, 0.15) is 17.3 Å². The fraction of sp³-hybridized carbons (Fsp3) is 0.345. The monoisotopic (exact) mass is 593 g/mol. The fourth-order valence-electron chi connectivity index (χ4n) is 5.83. The van der Waals surface area contributed by atoms with Crippen LogP contribution < -0.4 is 19.9 Å². The SMILES string of the molecule is COc1ccc2c(c1)CCN(C1CCN(c3cc(C(=O)N4CCc5cc(F)ccc54)ncc3Br)CC1)C(=O)N2. The number of carbonyl (C=O) groups excluding carboxylic acids is 2. The van der Waals surface area contributed by atoms with Gasteiger partial charge in [-0.3, -0.25) is 4.79 Å². The average molecular weight is 594 g/mol. The third kappa shape index (κ3) is 4.93. The number of piperidine rings is 1. The molecule has 1 aromatic heterocycles. The van der Waals surface area contributed by atoms with E-state index in [-0.39, 0.29) is 23.8 Å². The number of halogens is 2. The highest BCUT2D eigenvalue weighted by Gasteiger charge is 2.32. The number of nitrogens with zero attached hydrogens (tertiary/aromatic N) is 4. The second kappa shape index (κ2) is 10.5. The van der Waals surface area contributed by atoms with Gasteiger partial charge in [0, 0.05) is 49.8 Å². The standard InChI is InChI=1S/C29H29BrFN5O3/c1-39-22-3-4-24-18(15-22)6-12-35(29(38)33-24)21-8-10-34(11-9-21)27-16-25(32-17-23(27)30)28(37)36-13-7-19-14-20(31)2-5-26(19)36/h2-5,14-17,21H,6-13H2,1H3,(H,33,38). The molecule has 202 valence electrons. The summed E-state index contributed by atoms with van der Waals surface area (Å²) < 4.78 is 19.8. The number of benzene rings is 2. The summed E-state index contributed by atoms with van der Waals surface area (Å²) in [6, 6.07) is 12.2. The number of ether oxygens (including phenoxy) is 1. The Kier molecular flexibility index (Phi) is 6.88. The van der Waals surface area contributed by atoms with E-state index in [4.69, 9.17) is 4.74 Å². The van der Waals surface area contributed by atoms with Crippen LogP contribution in [0.4, 0.5) is 26.2 Å². The first-order chi connectivity index (χ1) is 18.9. The zero-order valence-electron chi connectivity index (χ0n) is 21.6. The summed E-state index contributed by atoms with van der Waals surface area (Å²) in [7, 11) is 1.64. The topological polar surface area (TPSA) is 78.0 Å². The molecule has 2 aromatic carbocycles. The molecule has 1 saturated heterocycles. The van der Waals surface area contributed by atoms with Crippen LogP contribution in [0.15, 0.2) is 53.1 Å². The predicted molar refractivity (Wildman–Crippen MR) is 151 cm³/mol. The average Bonchev–Trinajstić information content (AvgIpc) is 3.29. The molecule has 6 rings (SSSR count). The molecule has 4 heterocycles. The molecule has 3 aromatic rings. The van der Waals surface area contributed by atoms with Gasteiger partial charge in [-0.25, -0.2) is 14.2 Å². The van der Waals surface area contributed by atoms with Crippen LogP contribution in [0, 0.1) is 5.82 Å². The van der Waals surface area contributed by atoms with Gasteiger partial charge < -0.3 is 24.8 Å². The van der Waals surface area contributed by atoms with Crippen molar-refractivity contribution in [2.75, 3.05) is 48.4 Å². The van der Waals surface area contributed by atoms with E-state index < -0.39 is 0 Å². The van der Waals surface area contributed by atoms with E-state index in [0.29, 0.717) is 25.2 Å². The first-order valence-corrected chi connectivity index (χ1v) is 14.0. The summed E-state index contributed by atoms with van der Waals surface area (Å²) in [6.07, 6.45) is 4.69. The maximum atomic E-state index is 13.6. The van der Waals surface area contributed by atoms with E-state index in [2.05, 4.69) is 31.1 Å². The lowest BCUT2D eigenvalue weighted by Crippen LogP contribution is -2.49. The third-order valence-corrected chi connectivity index (χ3v) is 8.53. The summed E-state index contributed by atoms with van der Waals surface area (Å²) in [5.74, 6) is 0.299. The van der Waals surface area contributed by atoms with E-state index in [9.17, 15) is 14.0 Å². The molecule has 1 N–H and O–H groups in total. The Bertz CT molecular complexity index is 1440. The molecule has 0 saturated carbocycles. The number of urea groups is 1. The van der Waals surface area contributed by atoms with Gasteiger partial charge in [-0.2, -0.15) is 0 Å². The van der Waals surface area contributed by atoms with Gasteiger partial charge in [0.2, 0.25) is 0 Å². The third-order valence-electron chi connectivity index (χ3n) is 7.92. The van der Waals surface area contributed by atoms with Gasteiger partial charge >= 0.3 is 6.03 Å². The fourth-order valence-corrected chi connectivity index (χ4v) is 6.30. The van der Waals surface area contributed by atoms with Crippen molar-refractivity contribution >= 4 is 44.9 Å². The minimum absolute atomic E-state index is 0.0684. The second-order valence-corrected chi connectivity index (χ2v) is 11.0. The van der Waals surface area contributed by atoms with Crippen molar-refractivity contribution in [3.63, 3.8) is 0 Å². The van der Waals surface area contributed by atoms with Crippen molar-refractivity contribution in [1.82, 2.24) is 9.88 Å². The predicted octanol–water partition coefficient (Wildman–Crippen LogP) is 5.25. The summed E-state index contributed by atoms with van der Waals surface area (Å²) in [5, 5.41) is 3.07. The molecule has 0 unspecified atom stereocenters. The zero-order chi connectivity index (χ0) is 27.1. The molecule has 1 fully saturated rings. The second-order valence-electron chi connectivity index (χ2n) is 10.1. The lowest BCUT2D eigenvalue weighted by atomic mass is 10.0. The largest absolute Gasteiger partial charge is 0.497 e. The number of amides is 3.